The van der Waals surface area contributed by atoms with E-state index >= 15 is 0 Å². The first-order valence-electron chi connectivity index (χ1n) is 5.94. The number of pyridine rings is 1. The van der Waals surface area contributed by atoms with Crippen molar-refractivity contribution in [2.75, 3.05) is 6.61 Å². The van der Waals surface area contributed by atoms with E-state index in [1.165, 1.54) is 12.3 Å². The molecule has 0 aromatic carbocycles. The highest BCUT2D eigenvalue weighted by Gasteiger charge is 2.34. The second kappa shape index (κ2) is 5.53. The second-order valence-electron chi connectivity index (χ2n) is 4.35. The molecule has 0 radical (unpaired) electrons. The highest BCUT2D eigenvalue weighted by atomic mass is 19.1. The number of aromatic nitrogens is 1. The molecule has 4 nitrogen and oxygen atoms in total. The van der Waals surface area contributed by atoms with Crippen LogP contribution in [0, 0.1) is 11.7 Å². The largest absolute Gasteiger partial charge is 0.378 e. The van der Waals surface area contributed by atoms with E-state index in [-0.39, 0.29) is 23.9 Å². The van der Waals surface area contributed by atoms with Crippen molar-refractivity contribution in [3.8, 4) is 0 Å². The Morgan fingerprint density at radius 3 is 3.12 bits per heavy atom. The van der Waals surface area contributed by atoms with Gasteiger partial charge < -0.3 is 4.74 Å². The molecule has 3 N–H and O–H groups in total. The molecule has 1 aromatic rings. The molecule has 0 amide bonds. The maximum absolute atomic E-state index is 13.2. The molecule has 1 aliphatic heterocycles. The summed E-state index contributed by atoms with van der Waals surface area (Å²) < 4.78 is 18.8. The third kappa shape index (κ3) is 2.62. The fourth-order valence-corrected chi connectivity index (χ4v) is 2.53. The summed E-state index contributed by atoms with van der Waals surface area (Å²) in [6.45, 7) is 2.82. The van der Waals surface area contributed by atoms with Gasteiger partial charge in [-0.3, -0.25) is 16.3 Å². The van der Waals surface area contributed by atoms with Gasteiger partial charge in [-0.2, -0.15) is 0 Å². The molecule has 0 spiro atoms. The van der Waals surface area contributed by atoms with Gasteiger partial charge in [-0.05, 0) is 24.5 Å². The summed E-state index contributed by atoms with van der Waals surface area (Å²) in [4.78, 5) is 3.86. The molecule has 0 aliphatic carbocycles. The van der Waals surface area contributed by atoms with Crippen LogP contribution in [-0.2, 0) is 4.74 Å². The highest BCUT2D eigenvalue weighted by Crippen LogP contribution is 2.34. The summed E-state index contributed by atoms with van der Waals surface area (Å²) in [6, 6.07) is 1.37. The molecule has 1 fully saturated rings. The van der Waals surface area contributed by atoms with Crippen molar-refractivity contribution < 1.29 is 9.13 Å². The Bertz CT molecular complexity index is 375. The van der Waals surface area contributed by atoms with Crippen molar-refractivity contribution in [2.45, 2.75) is 31.9 Å². The molecule has 94 valence electrons. The third-order valence-electron chi connectivity index (χ3n) is 3.36. The summed E-state index contributed by atoms with van der Waals surface area (Å²) in [5, 5.41) is 0. The number of rotatable bonds is 4. The van der Waals surface area contributed by atoms with E-state index in [0.717, 1.165) is 25.0 Å². The number of hydrogen-bond acceptors (Lipinski definition) is 4. The maximum atomic E-state index is 13.2. The van der Waals surface area contributed by atoms with Crippen molar-refractivity contribution in [1.82, 2.24) is 10.4 Å². The topological polar surface area (TPSA) is 60.2 Å². The van der Waals surface area contributed by atoms with Crippen LogP contribution in [0.1, 0.15) is 31.4 Å². The second-order valence-corrected chi connectivity index (χ2v) is 4.35. The lowest BCUT2D eigenvalue weighted by Crippen LogP contribution is -2.37. The van der Waals surface area contributed by atoms with E-state index in [9.17, 15) is 4.39 Å². The molecule has 3 atom stereocenters. The van der Waals surface area contributed by atoms with Crippen LogP contribution in [0.3, 0.4) is 0 Å². The summed E-state index contributed by atoms with van der Waals surface area (Å²) in [6.07, 6.45) is 4.90. The first kappa shape index (κ1) is 12.4. The first-order valence-corrected chi connectivity index (χ1v) is 5.94. The Morgan fingerprint density at radius 1 is 1.65 bits per heavy atom. The van der Waals surface area contributed by atoms with Gasteiger partial charge in [0.05, 0.1) is 18.3 Å². The molecule has 1 aromatic heterocycles. The number of nitrogens with one attached hydrogen (secondary N) is 1. The fourth-order valence-electron chi connectivity index (χ4n) is 2.53. The molecule has 1 aliphatic rings. The Morgan fingerprint density at radius 2 is 2.47 bits per heavy atom. The predicted octanol–water partition coefficient (Wildman–Crippen LogP) is 1.54. The van der Waals surface area contributed by atoms with Crippen LogP contribution < -0.4 is 11.3 Å². The molecular weight excluding hydrogens is 221 g/mol. The van der Waals surface area contributed by atoms with Gasteiger partial charge in [-0.1, -0.05) is 6.92 Å². The van der Waals surface area contributed by atoms with E-state index in [0.29, 0.717) is 0 Å². The van der Waals surface area contributed by atoms with Crippen molar-refractivity contribution in [3.63, 3.8) is 0 Å². The number of hydrogen-bond donors (Lipinski definition) is 2. The van der Waals surface area contributed by atoms with Gasteiger partial charge in [0.25, 0.3) is 0 Å². The molecule has 0 bridgehead atoms. The zero-order valence-electron chi connectivity index (χ0n) is 9.90. The molecule has 2 heterocycles. The van der Waals surface area contributed by atoms with Crippen LogP contribution in [-0.4, -0.2) is 17.7 Å². The third-order valence-corrected chi connectivity index (χ3v) is 3.36. The average molecular weight is 239 g/mol. The molecule has 17 heavy (non-hydrogen) atoms. The minimum absolute atomic E-state index is 0.106. The predicted molar refractivity (Wildman–Crippen MR) is 62.4 cm³/mol. The van der Waals surface area contributed by atoms with Crippen molar-refractivity contribution in [1.29, 1.82) is 0 Å². The Balaban J connectivity index is 2.21. The van der Waals surface area contributed by atoms with Gasteiger partial charge in [0, 0.05) is 18.7 Å². The molecule has 1 saturated heterocycles. The zero-order valence-corrected chi connectivity index (χ0v) is 9.90. The van der Waals surface area contributed by atoms with Crippen molar-refractivity contribution in [2.24, 2.45) is 11.8 Å². The Hall–Kier alpha value is -1.04. The molecule has 3 unspecified atom stereocenters. The number of nitrogens with zero attached hydrogens (tertiary/aromatic N) is 1. The average Bonchev–Trinajstić information content (AvgIpc) is 2.78. The van der Waals surface area contributed by atoms with E-state index < -0.39 is 0 Å². The highest BCUT2D eigenvalue weighted by molar-refractivity contribution is 5.16. The van der Waals surface area contributed by atoms with Crippen molar-refractivity contribution in [3.05, 3.63) is 29.8 Å². The minimum Gasteiger partial charge on any atom is -0.378 e. The number of ether oxygens (including phenoxy) is 1. The van der Waals surface area contributed by atoms with E-state index in [1.807, 2.05) is 0 Å². The van der Waals surface area contributed by atoms with Gasteiger partial charge in [0.2, 0.25) is 0 Å². The van der Waals surface area contributed by atoms with E-state index in [1.54, 1.807) is 6.20 Å². The smallest absolute Gasteiger partial charge is 0.141 e. The normalized spacial score (nSPS) is 26.1. The Labute approximate surface area is 100 Å². The molecular formula is C12H18FN3O. The lowest BCUT2D eigenvalue weighted by molar-refractivity contribution is 0.0773. The number of halogens is 1. The van der Waals surface area contributed by atoms with Crippen LogP contribution in [0.4, 0.5) is 4.39 Å². The Kier molecular flexibility index (Phi) is 4.04. The van der Waals surface area contributed by atoms with Crippen LogP contribution in [0.25, 0.3) is 0 Å². The van der Waals surface area contributed by atoms with E-state index in [4.69, 9.17) is 10.6 Å². The summed E-state index contributed by atoms with van der Waals surface area (Å²) in [5.41, 5.74) is 3.54. The van der Waals surface area contributed by atoms with Gasteiger partial charge in [0.15, 0.2) is 0 Å². The number of nitrogens with two attached hydrogens (primary N) is 1. The van der Waals surface area contributed by atoms with Gasteiger partial charge in [0.1, 0.15) is 5.82 Å². The molecule has 5 heteroatoms. The van der Waals surface area contributed by atoms with Gasteiger partial charge >= 0.3 is 0 Å². The summed E-state index contributed by atoms with van der Waals surface area (Å²) >= 11 is 0. The summed E-state index contributed by atoms with van der Waals surface area (Å²) in [5.74, 6) is 5.53. The quantitative estimate of drug-likeness (QED) is 0.618. The van der Waals surface area contributed by atoms with Crippen molar-refractivity contribution >= 4 is 0 Å². The standard InChI is InChI=1S/C12H18FN3O/c1-2-11-10(3-4-17-11)12(16-14)8-5-9(13)7-15-6-8/h5-7,10-12,16H,2-4,14H2,1H3. The first-order chi connectivity index (χ1) is 8.26. The SMILES string of the molecule is CCC1OCCC1C(NN)c1cncc(F)c1. The van der Waals surface area contributed by atoms with Gasteiger partial charge in [-0.25, -0.2) is 4.39 Å². The van der Waals surface area contributed by atoms with Crippen LogP contribution in [0.15, 0.2) is 18.5 Å². The minimum atomic E-state index is -0.338. The molecule has 0 saturated carbocycles. The summed E-state index contributed by atoms with van der Waals surface area (Å²) in [7, 11) is 0. The maximum Gasteiger partial charge on any atom is 0.141 e. The monoisotopic (exact) mass is 239 g/mol. The lowest BCUT2D eigenvalue weighted by Gasteiger charge is -2.26. The van der Waals surface area contributed by atoms with E-state index in [2.05, 4.69) is 17.3 Å². The lowest BCUT2D eigenvalue weighted by atomic mass is 9.88. The zero-order chi connectivity index (χ0) is 12.3. The molecule has 2 rings (SSSR count). The number of hydrazine groups is 1. The van der Waals surface area contributed by atoms with Crippen LogP contribution in [0.5, 0.6) is 0 Å². The van der Waals surface area contributed by atoms with Crippen LogP contribution >= 0.6 is 0 Å². The van der Waals surface area contributed by atoms with Crippen LogP contribution in [0.2, 0.25) is 0 Å². The fraction of sp³-hybridized carbons (Fsp3) is 0.583. The van der Waals surface area contributed by atoms with Gasteiger partial charge in [-0.15, -0.1) is 0 Å².